The zero-order chi connectivity index (χ0) is 16.2. The van der Waals surface area contributed by atoms with Gasteiger partial charge in [-0.25, -0.2) is 4.98 Å². The van der Waals surface area contributed by atoms with Crippen LogP contribution >= 0.6 is 0 Å². The van der Waals surface area contributed by atoms with Crippen LogP contribution in [0.3, 0.4) is 0 Å². The van der Waals surface area contributed by atoms with Crippen LogP contribution in [0.15, 0.2) is 30.7 Å². The van der Waals surface area contributed by atoms with Gasteiger partial charge < -0.3 is 23.5 Å². The molecule has 2 atom stereocenters. The van der Waals surface area contributed by atoms with Crippen LogP contribution in [0.4, 0.5) is 5.69 Å². The van der Waals surface area contributed by atoms with Crippen molar-refractivity contribution in [1.82, 2.24) is 9.38 Å². The van der Waals surface area contributed by atoms with E-state index < -0.39 is 0 Å². The van der Waals surface area contributed by atoms with E-state index in [1.807, 2.05) is 16.8 Å². The number of fused-ring (bicyclic) bond motifs is 1. The summed E-state index contributed by atoms with van der Waals surface area (Å²) in [6.07, 6.45) is 10.5. The normalized spacial score (nSPS) is 24.8. The first-order chi connectivity index (χ1) is 11.9. The van der Waals surface area contributed by atoms with Gasteiger partial charge in [-0.3, -0.25) is 0 Å². The highest BCUT2D eigenvalue weighted by molar-refractivity contribution is 5.56. The van der Waals surface area contributed by atoms with E-state index in [4.69, 9.17) is 14.2 Å². The first-order valence-electron chi connectivity index (χ1n) is 8.91. The van der Waals surface area contributed by atoms with Gasteiger partial charge >= 0.3 is 0 Å². The number of ether oxygens (including phenoxy) is 3. The second-order valence-electron chi connectivity index (χ2n) is 6.47. The minimum absolute atomic E-state index is 0.0244. The quantitative estimate of drug-likeness (QED) is 0.761. The predicted octanol–water partition coefficient (Wildman–Crippen LogP) is 2.47. The van der Waals surface area contributed by atoms with Crippen molar-refractivity contribution >= 4 is 11.3 Å². The first kappa shape index (κ1) is 15.9. The molecule has 0 amide bonds. The lowest BCUT2D eigenvalue weighted by atomic mass is 10.2. The molecule has 2 aliphatic rings. The van der Waals surface area contributed by atoms with E-state index in [1.54, 1.807) is 0 Å². The monoisotopic (exact) mass is 331 g/mol. The Balaban J connectivity index is 1.21. The summed E-state index contributed by atoms with van der Waals surface area (Å²) < 4.78 is 19.3. The molecule has 0 bridgehead atoms. The molecule has 0 aromatic carbocycles. The van der Waals surface area contributed by atoms with Crippen molar-refractivity contribution in [2.75, 3.05) is 37.8 Å². The largest absolute Gasteiger partial charge is 0.374 e. The molecule has 2 unspecified atom stereocenters. The molecule has 2 fully saturated rings. The van der Waals surface area contributed by atoms with Gasteiger partial charge in [-0.2, -0.15) is 0 Å². The van der Waals surface area contributed by atoms with Crippen LogP contribution in [-0.2, 0) is 14.2 Å². The maximum absolute atomic E-state index is 5.98. The van der Waals surface area contributed by atoms with E-state index >= 15 is 0 Å². The molecule has 2 aromatic rings. The zero-order valence-electron chi connectivity index (χ0n) is 14.0. The van der Waals surface area contributed by atoms with E-state index in [9.17, 15) is 0 Å². The topological polar surface area (TPSA) is 48.2 Å². The van der Waals surface area contributed by atoms with Gasteiger partial charge in [0, 0.05) is 50.0 Å². The van der Waals surface area contributed by atoms with Crippen LogP contribution in [0.5, 0.6) is 0 Å². The van der Waals surface area contributed by atoms with Crippen molar-refractivity contribution in [1.29, 1.82) is 0 Å². The van der Waals surface area contributed by atoms with Crippen molar-refractivity contribution < 1.29 is 14.2 Å². The van der Waals surface area contributed by atoms with Crippen molar-refractivity contribution in [3.05, 3.63) is 30.7 Å². The minimum Gasteiger partial charge on any atom is -0.374 e. The maximum Gasteiger partial charge on any atom is 0.157 e. The van der Waals surface area contributed by atoms with Gasteiger partial charge in [0.25, 0.3) is 0 Å². The van der Waals surface area contributed by atoms with Gasteiger partial charge in [0.05, 0.1) is 19.3 Å². The Hall–Kier alpha value is -1.63. The van der Waals surface area contributed by atoms with E-state index in [0.717, 1.165) is 44.6 Å². The van der Waals surface area contributed by atoms with E-state index in [-0.39, 0.29) is 12.4 Å². The molecule has 4 rings (SSSR count). The Morgan fingerprint density at radius 3 is 3.04 bits per heavy atom. The molecule has 2 saturated heterocycles. The highest BCUT2D eigenvalue weighted by Gasteiger charge is 2.23. The second kappa shape index (κ2) is 7.51. The van der Waals surface area contributed by atoms with Crippen LogP contribution in [0.2, 0.25) is 0 Å². The van der Waals surface area contributed by atoms with Crippen LogP contribution < -0.4 is 4.90 Å². The smallest absolute Gasteiger partial charge is 0.157 e. The third-order valence-electron chi connectivity index (χ3n) is 4.77. The Labute approximate surface area is 142 Å². The number of aromatic nitrogens is 2. The van der Waals surface area contributed by atoms with E-state index in [1.165, 1.54) is 12.1 Å². The van der Waals surface area contributed by atoms with E-state index in [2.05, 4.69) is 28.2 Å². The van der Waals surface area contributed by atoms with Gasteiger partial charge in [-0.05, 0) is 31.7 Å². The highest BCUT2D eigenvalue weighted by Crippen LogP contribution is 2.23. The highest BCUT2D eigenvalue weighted by atomic mass is 16.7. The molecule has 24 heavy (non-hydrogen) atoms. The molecular weight excluding hydrogens is 306 g/mol. The van der Waals surface area contributed by atoms with Crippen molar-refractivity contribution in [3.63, 3.8) is 0 Å². The van der Waals surface area contributed by atoms with Crippen LogP contribution in [-0.4, -0.2) is 54.7 Å². The molecule has 0 saturated carbocycles. The average Bonchev–Trinajstić information content (AvgIpc) is 3.28. The maximum atomic E-state index is 5.98. The molecule has 0 N–H and O–H groups in total. The number of imidazole rings is 1. The number of rotatable bonds is 6. The summed E-state index contributed by atoms with van der Waals surface area (Å²) >= 11 is 0. The molecule has 2 aliphatic heterocycles. The third kappa shape index (κ3) is 3.71. The molecular formula is C18H25N3O3. The first-order valence-corrected chi connectivity index (χ1v) is 8.91. The van der Waals surface area contributed by atoms with E-state index in [0.29, 0.717) is 13.2 Å². The fourth-order valence-corrected chi connectivity index (χ4v) is 3.43. The van der Waals surface area contributed by atoms with Crippen LogP contribution in [0.1, 0.15) is 25.7 Å². The minimum atomic E-state index is -0.0244. The lowest BCUT2D eigenvalue weighted by Gasteiger charge is -2.23. The summed E-state index contributed by atoms with van der Waals surface area (Å²) in [4.78, 5) is 6.72. The second-order valence-corrected chi connectivity index (χ2v) is 6.47. The van der Waals surface area contributed by atoms with Crippen molar-refractivity contribution in [3.8, 4) is 0 Å². The fourth-order valence-electron chi connectivity index (χ4n) is 3.43. The molecule has 4 heterocycles. The summed E-state index contributed by atoms with van der Waals surface area (Å²) in [6.45, 7) is 4.02. The zero-order valence-corrected chi connectivity index (χ0v) is 14.0. The Bertz CT molecular complexity index is 654. The van der Waals surface area contributed by atoms with Crippen LogP contribution in [0.25, 0.3) is 5.65 Å². The summed E-state index contributed by atoms with van der Waals surface area (Å²) in [5, 5.41) is 0. The number of anilines is 1. The SMILES string of the molecule is c1cn2ccc(N3CCC(OCCOC4CCCCO4)C3)cc2n1. The van der Waals surface area contributed by atoms with Crippen LogP contribution in [0, 0.1) is 0 Å². The summed E-state index contributed by atoms with van der Waals surface area (Å²) in [5.74, 6) is 0. The molecule has 130 valence electrons. The fraction of sp³-hybridized carbons (Fsp3) is 0.611. The standard InChI is InChI=1S/C18H25N3O3/c1-2-10-23-18(3-1)24-12-11-22-16-5-8-21(14-16)15-4-7-20-9-6-19-17(20)13-15/h4,6-7,9,13,16,18H,1-3,5,8,10-12,14H2. The number of nitrogens with zero attached hydrogens (tertiary/aromatic N) is 3. The van der Waals surface area contributed by atoms with Gasteiger partial charge in [0.15, 0.2) is 6.29 Å². The Kier molecular flexibility index (Phi) is 4.96. The third-order valence-corrected chi connectivity index (χ3v) is 4.77. The lowest BCUT2D eigenvalue weighted by molar-refractivity contribution is -0.170. The number of hydrogen-bond acceptors (Lipinski definition) is 5. The van der Waals surface area contributed by atoms with Crippen molar-refractivity contribution in [2.24, 2.45) is 0 Å². The molecule has 6 heteroatoms. The van der Waals surface area contributed by atoms with Crippen molar-refractivity contribution in [2.45, 2.75) is 38.1 Å². The number of pyridine rings is 1. The summed E-state index contributed by atoms with van der Waals surface area (Å²) in [7, 11) is 0. The molecule has 6 nitrogen and oxygen atoms in total. The van der Waals surface area contributed by atoms with Gasteiger partial charge in [-0.1, -0.05) is 0 Å². The van der Waals surface area contributed by atoms with Gasteiger partial charge in [-0.15, -0.1) is 0 Å². The molecule has 2 aromatic heterocycles. The van der Waals surface area contributed by atoms with Gasteiger partial charge in [0.2, 0.25) is 0 Å². The number of hydrogen-bond donors (Lipinski definition) is 0. The average molecular weight is 331 g/mol. The Morgan fingerprint density at radius 1 is 1.17 bits per heavy atom. The predicted molar refractivity (Wildman–Crippen MR) is 91.3 cm³/mol. The summed E-state index contributed by atoms with van der Waals surface area (Å²) in [5.41, 5.74) is 2.20. The van der Waals surface area contributed by atoms with Gasteiger partial charge in [0.1, 0.15) is 5.65 Å². The lowest BCUT2D eigenvalue weighted by Crippen LogP contribution is -2.26. The molecule has 0 radical (unpaired) electrons. The Morgan fingerprint density at radius 2 is 2.12 bits per heavy atom. The summed E-state index contributed by atoms with van der Waals surface area (Å²) in [6, 6.07) is 4.27. The molecule has 0 spiro atoms. The molecule has 0 aliphatic carbocycles.